The smallest absolute Gasteiger partial charge is 0.150 e. The zero-order valence-corrected chi connectivity index (χ0v) is 10.5. The Morgan fingerprint density at radius 2 is 2.39 bits per heavy atom. The van der Waals surface area contributed by atoms with Crippen LogP contribution in [0.1, 0.15) is 25.0 Å². The van der Waals surface area contributed by atoms with Gasteiger partial charge in [0.05, 0.1) is 6.54 Å². The zero-order chi connectivity index (χ0) is 12.4. The van der Waals surface area contributed by atoms with Crippen molar-refractivity contribution in [3.8, 4) is 0 Å². The molecular formula is C13H17N5. The Morgan fingerprint density at radius 3 is 3.17 bits per heavy atom. The molecule has 0 bridgehead atoms. The minimum atomic E-state index is 0.388. The first kappa shape index (κ1) is 11.2. The van der Waals surface area contributed by atoms with E-state index in [9.17, 15) is 0 Å². The molecule has 1 aliphatic heterocycles. The quantitative estimate of drug-likeness (QED) is 0.890. The van der Waals surface area contributed by atoms with Gasteiger partial charge in [-0.25, -0.2) is 14.6 Å². The SMILES string of the molecule is CCc1nc2n(n1)CC(Nc1ccccn1)CC2. The first-order valence-electron chi connectivity index (χ1n) is 6.45. The number of pyridine rings is 1. The Kier molecular flexibility index (Phi) is 2.96. The second kappa shape index (κ2) is 4.76. The maximum atomic E-state index is 4.52. The molecule has 0 radical (unpaired) electrons. The summed E-state index contributed by atoms with van der Waals surface area (Å²) in [5.41, 5.74) is 0. The average molecular weight is 243 g/mol. The summed E-state index contributed by atoms with van der Waals surface area (Å²) in [6.07, 6.45) is 4.77. The lowest BCUT2D eigenvalue weighted by Crippen LogP contribution is -2.32. The summed E-state index contributed by atoms with van der Waals surface area (Å²) < 4.78 is 2.03. The molecule has 1 aliphatic rings. The molecule has 0 aliphatic carbocycles. The van der Waals surface area contributed by atoms with Gasteiger partial charge in [0.25, 0.3) is 0 Å². The number of aryl methyl sites for hydroxylation is 2. The molecule has 0 amide bonds. The van der Waals surface area contributed by atoms with Gasteiger partial charge in [0.2, 0.25) is 0 Å². The van der Waals surface area contributed by atoms with E-state index < -0.39 is 0 Å². The number of rotatable bonds is 3. The van der Waals surface area contributed by atoms with Crippen molar-refractivity contribution in [2.75, 3.05) is 5.32 Å². The van der Waals surface area contributed by atoms with Gasteiger partial charge in [-0.15, -0.1) is 0 Å². The molecule has 1 atom stereocenters. The molecule has 0 saturated heterocycles. The van der Waals surface area contributed by atoms with Crippen molar-refractivity contribution >= 4 is 5.82 Å². The Morgan fingerprint density at radius 1 is 1.44 bits per heavy atom. The maximum absolute atomic E-state index is 4.52. The fraction of sp³-hybridized carbons (Fsp3) is 0.462. The van der Waals surface area contributed by atoms with Crippen LogP contribution in [-0.4, -0.2) is 25.8 Å². The van der Waals surface area contributed by atoms with E-state index in [1.54, 1.807) is 6.20 Å². The van der Waals surface area contributed by atoms with E-state index in [4.69, 9.17) is 0 Å². The predicted molar refractivity (Wildman–Crippen MR) is 69.4 cm³/mol. The van der Waals surface area contributed by atoms with Crippen LogP contribution < -0.4 is 5.32 Å². The highest BCUT2D eigenvalue weighted by molar-refractivity contribution is 5.34. The number of nitrogens with one attached hydrogen (secondary N) is 1. The van der Waals surface area contributed by atoms with Crippen LogP contribution in [0.15, 0.2) is 24.4 Å². The van der Waals surface area contributed by atoms with Gasteiger partial charge in [-0.2, -0.15) is 5.10 Å². The van der Waals surface area contributed by atoms with Gasteiger partial charge in [0, 0.05) is 25.1 Å². The predicted octanol–water partition coefficient (Wildman–Crippen LogP) is 1.66. The third-order valence-corrected chi connectivity index (χ3v) is 3.24. The molecule has 2 aromatic heterocycles. The van der Waals surface area contributed by atoms with Gasteiger partial charge in [-0.3, -0.25) is 0 Å². The Bertz CT molecular complexity index is 519. The van der Waals surface area contributed by atoms with Crippen LogP contribution in [0.5, 0.6) is 0 Å². The highest BCUT2D eigenvalue weighted by atomic mass is 15.4. The van der Waals surface area contributed by atoms with E-state index >= 15 is 0 Å². The van der Waals surface area contributed by atoms with Crippen molar-refractivity contribution in [2.45, 2.75) is 38.8 Å². The lowest BCUT2D eigenvalue weighted by Gasteiger charge is -2.23. The molecule has 0 saturated carbocycles. The minimum Gasteiger partial charge on any atom is -0.365 e. The molecule has 2 aromatic rings. The van der Waals surface area contributed by atoms with E-state index in [2.05, 4.69) is 27.3 Å². The number of aromatic nitrogens is 4. The molecule has 3 heterocycles. The second-order valence-corrected chi connectivity index (χ2v) is 4.57. The van der Waals surface area contributed by atoms with Crippen LogP contribution in [0, 0.1) is 0 Å². The van der Waals surface area contributed by atoms with Crippen molar-refractivity contribution in [3.63, 3.8) is 0 Å². The average Bonchev–Trinajstić information content (AvgIpc) is 2.82. The first-order chi connectivity index (χ1) is 8.85. The highest BCUT2D eigenvalue weighted by Crippen LogP contribution is 2.16. The molecule has 1 unspecified atom stereocenters. The number of hydrogen-bond acceptors (Lipinski definition) is 4. The van der Waals surface area contributed by atoms with Crippen LogP contribution in [0.3, 0.4) is 0 Å². The van der Waals surface area contributed by atoms with Gasteiger partial charge < -0.3 is 5.32 Å². The van der Waals surface area contributed by atoms with Gasteiger partial charge in [0.15, 0.2) is 5.82 Å². The molecule has 1 N–H and O–H groups in total. The fourth-order valence-electron chi connectivity index (χ4n) is 2.29. The summed E-state index contributed by atoms with van der Waals surface area (Å²) in [6.45, 7) is 2.96. The van der Waals surface area contributed by atoms with Gasteiger partial charge in [-0.1, -0.05) is 13.0 Å². The minimum absolute atomic E-state index is 0.388. The normalized spacial score (nSPS) is 18.4. The van der Waals surface area contributed by atoms with E-state index in [-0.39, 0.29) is 0 Å². The van der Waals surface area contributed by atoms with E-state index in [0.29, 0.717) is 6.04 Å². The van der Waals surface area contributed by atoms with E-state index in [0.717, 1.165) is 43.3 Å². The molecule has 0 fully saturated rings. The van der Waals surface area contributed by atoms with E-state index in [1.807, 2.05) is 22.9 Å². The Balaban J connectivity index is 1.71. The van der Waals surface area contributed by atoms with Crippen LogP contribution in [0.4, 0.5) is 5.82 Å². The van der Waals surface area contributed by atoms with Gasteiger partial charge in [-0.05, 0) is 18.6 Å². The van der Waals surface area contributed by atoms with Crippen LogP contribution in [0.2, 0.25) is 0 Å². The van der Waals surface area contributed by atoms with Crippen molar-refractivity contribution in [1.82, 2.24) is 19.7 Å². The molecule has 18 heavy (non-hydrogen) atoms. The summed E-state index contributed by atoms with van der Waals surface area (Å²) >= 11 is 0. The number of hydrogen-bond donors (Lipinski definition) is 1. The summed E-state index contributed by atoms with van der Waals surface area (Å²) in [4.78, 5) is 8.81. The topological polar surface area (TPSA) is 55.6 Å². The molecule has 94 valence electrons. The van der Waals surface area contributed by atoms with E-state index in [1.165, 1.54) is 0 Å². The Labute approximate surface area is 106 Å². The van der Waals surface area contributed by atoms with Crippen LogP contribution in [0.25, 0.3) is 0 Å². The fourth-order valence-corrected chi connectivity index (χ4v) is 2.29. The van der Waals surface area contributed by atoms with Crippen molar-refractivity contribution in [2.24, 2.45) is 0 Å². The number of anilines is 1. The summed E-state index contributed by atoms with van der Waals surface area (Å²) in [7, 11) is 0. The maximum Gasteiger partial charge on any atom is 0.150 e. The number of fused-ring (bicyclic) bond motifs is 1. The second-order valence-electron chi connectivity index (χ2n) is 4.57. The van der Waals surface area contributed by atoms with Crippen molar-refractivity contribution < 1.29 is 0 Å². The first-order valence-corrected chi connectivity index (χ1v) is 6.45. The third-order valence-electron chi connectivity index (χ3n) is 3.24. The lowest BCUT2D eigenvalue weighted by atomic mass is 10.1. The molecule has 3 rings (SSSR count). The summed E-state index contributed by atoms with van der Waals surface area (Å²) in [5, 5.41) is 7.96. The third kappa shape index (κ3) is 2.20. The van der Waals surface area contributed by atoms with Crippen LogP contribution >= 0.6 is 0 Å². The summed E-state index contributed by atoms with van der Waals surface area (Å²) in [6, 6.07) is 6.30. The van der Waals surface area contributed by atoms with Gasteiger partial charge in [0.1, 0.15) is 11.6 Å². The molecule has 5 heteroatoms. The Hall–Kier alpha value is -1.91. The monoisotopic (exact) mass is 243 g/mol. The molecule has 5 nitrogen and oxygen atoms in total. The van der Waals surface area contributed by atoms with Crippen molar-refractivity contribution in [3.05, 3.63) is 36.0 Å². The standard InChI is InChI=1S/C13H17N5/c1-2-11-16-13-7-6-10(9-18(13)17-11)15-12-5-3-4-8-14-12/h3-5,8,10H,2,6-7,9H2,1H3,(H,14,15). The van der Waals surface area contributed by atoms with Crippen LogP contribution in [-0.2, 0) is 19.4 Å². The molecule has 0 aromatic carbocycles. The summed E-state index contributed by atoms with van der Waals surface area (Å²) in [5.74, 6) is 3.00. The lowest BCUT2D eigenvalue weighted by molar-refractivity contribution is 0.440. The van der Waals surface area contributed by atoms with Crippen molar-refractivity contribution in [1.29, 1.82) is 0 Å². The van der Waals surface area contributed by atoms with Gasteiger partial charge >= 0.3 is 0 Å². The highest BCUT2D eigenvalue weighted by Gasteiger charge is 2.21. The molecule has 0 spiro atoms. The number of nitrogens with zero attached hydrogens (tertiary/aromatic N) is 4. The largest absolute Gasteiger partial charge is 0.365 e. The zero-order valence-electron chi connectivity index (χ0n) is 10.5. The molecular weight excluding hydrogens is 226 g/mol.